The van der Waals surface area contributed by atoms with Crippen LogP contribution in [0.25, 0.3) is 0 Å². The molecule has 2 rings (SSSR count). The van der Waals surface area contributed by atoms with E-state index in [9.17, 15) is 4.79 Å². The van der Waals surface area contributed by atoms with Crippen molar-refractivity contribution in [2.24, 2.45) is 0 Å². The van der Waals surface area contributed by atoms with Gasteiger partial charge in [0.1, 0.15) is 12.4 Å². The highest BCUT2D eigenvalue weighted by molar-refractivity contribution is 5.91. The summed E-state index contributed by atoms with van der Waals surface area (Å²) in [5.41, 5.74) is 2.41. The number of amides is 1. The minimum Gasteiger partial charge on any atom is -0.453 e. The Morgan fingerprint density at radius 3 is 2.65 bits per heavy atom. The molecule has 0 radical (unpaired) electrons. The maximum absolute atomic E-state index is 12.2. The second-order valence-electron chi connectivity index (χ2n) is 5.74. The molecule has 0 saturated carbocycles. The Kier molecular flexibility index (Phi) is 5.96. The highest BCUT2D eigenvalue weighted by Crippen LogP contribution is 2.21. The Morgan fingerprint density at radius 2 is 2.00 bits per heavy atom. The van der Waals surface area contributed by atoms with Crippen LogP contribution in [0.3, 0.4) is 0 Å². The predicted molar refractivity (Wildman–Crippen MR) is 89.4 cm³/mol. The predicted octanol–water partition coefficient (Wildman–Crippen LogP) is 2.77. The van der Waals surface area contributed by atoms with Crippen LogP contribution in [0.4, 0.5) is 0 Å². The maximum Gasteiger partial charge on any atom is 0.287 e. The smallest absolute Gasteiger partial charge is 0.287 e. The molecule has 1 atom stereocenters. The highest BCUT2D eigenvalue weighted by atomic mass is 16.5. The van der Waals surface area contributed by atoms with Gasteiger partial charge in [-0.25, -0.2) is 0 Å². The van der Waals surface area contributed by atoms with Crippen molar-refractivity contribution >= 4 is 5.91 Å². The third-order valence-electron chi connectivity index (χ3n) is 3.80. The van der Waals surface area contributed by atoms with E-state index in [1.807, 2.05) is 26.2 Å². The fourth-order valence-electron chi connectivity index (χ4n) is 2.53. The number of carbonyl (C=O) groups is 1. The normalized spacial score (nSPS) is 12.4. The second-order valence-corrected chi connectivity index (χ2v) is 5.74. The van der Waals surface area contributed by atoms with Crippen LogP contribution in [0.1, 0.15) is 33.5 Å². The number of rotatable bonds is 7. The van der Waals surface area contributed by atoms with E-state index in [4.69, 9.17) is 9.15 Å². The lowest BCUT2D eigenvalue weighted by atomic mass is 10.0. The van der Waals surface area contributed by atoms with Gasteiger partial charge in [0.05, 0.1) is 6.04 Å². The number of ether oxygens (including phenoxy) is 1. The number of nitrogens with zero attached hydrogens (tertiary/aromatic N) is 1. The molecule has 0 fully saturated rings. The van der Waals surface area contributed by atoms with Crippen molar-refractivity contribution in [3.8, 4) is 0 Å². The molecule has 1 N–H and O–H groups in total. The molecule has 0 aliphatic carbocycles. The largest absolute Gasteiger partial charge is 0.453 e. The summed E-state index contributed by atoms with van der Waals surface area (Å²) in [6.07, 6.45) is 0. The SMILES string of the molecule is COCc1ccc(C(=O)NCC(c2ccccc2C)N(C)C)o1. The molecule has 124 valence electrons. The molecule has 0 aliphatic rings. The van der Waals surface area contributed by atoms with Crippen molar-refractivity contribution in [3.05, 3.63) is 59.0 Å². The zero-order valence-electron chi connectivity index (χ0n) is 14.1. The zero-order valence-corrected chi connectivity index (χ0v) is 14.1. The third-order valence-corrected chi connectivity index (χ3v) is 3.80. The maximum atomic E-state index is 12.2. The van der Waals surface area contributed by atoms with Gasteiger partial charge in [-0.15, -0.1) is 0 Å². The van der Waals surface area contributed by atoms with E-state index < -0.39 is 0 Å². The van der Waals surface area contributed by atoms with Crippen molar-refractivity contribution in [3.63, 3.8) is 0 Å². The summed E-state index contributed by atoms with van der Waals surface area (Å²) in [4.78, 5) is 14.3. The van der Waals surface area contributed by atoms with E-state index >= 15 is 0 Å². The van der Waals surface area contributed by atoms with Gasteiger partial charge in [-0.2, -0.15) is 0 Å². The van der Waals surface area contributed by atoms with Crippen molar-refractivity contribution in [1.29, 1.82) is 0 Å². The van der Waals surface area contributed by atoms with Crippen LogP contribution in [0, 0.1) is 6.92 Å². The lowest BCUT2D eigenvalue weighted by Crippen LogP contribution is -2.34. The minimum absolute atomic E-state index is 0.105. The number of hydrogen-bond donors (Lipinski definition) is 1. The van der Waals surface area contributed by atoms with Crippen LogP contribution in [-0.4, -0.2) is 38.6 Å². The molecule has 1 amide bonds. The number of carbonyl (C=O) groups excluding carboxylic acids is 1. The van der Waals surface area contributed by atoms with Gasteiger partial charge in [0, 0.05) is 13.7 Å². The fourth-order valence-corrected chi connectivity index (χ4v) is 2.53. The Bertz CT molecular complexity index is 649. The van der Waals surface area contributed by atoms with Gasteiger partial charge in [0.25, 0.3) is 5.91 Å². The van der Waals surface area contributed by atoms with Crippen molar-refractivity contribution in [1.82, 2.24) is 10.2 Å². The monoisotopic (exact) mass is 316 g/mol. The number of likely N-dealkylation sites (N-methyl/N-ethyl adjacent to an activating group) is 1. The first-order chi connectivity index (χ1) is 11.0. The molecule has 0 spiro atoms. The molecule has 5 nitrogen and oxygen atoms in total. The minimum atomic E-state index is -0.215. The van der Waals surface area contributed by atoms with Crippen LogP contribution in [0.5, 0.6) is 0 Å². The van der Waals surface area contributed by atoms with Crippen molar-refractivity contribution in [2.45, 2.75) is 19.6 Å². The molecular formula is C18H24N2O3. The van der Waals surface area contributed by atoms with Gasteiger partial charge in [-0.3, -0.25) is 4.79 Å². The van der Waals surface area contributed by atoms with Gasteiger partial charge in [0.15, 0.2) is 5.76 Å². The molecule has 2 aromatic rings. The van der Waals surface area contributed by atoms with Gasteiger partial charge in [0.2, 0.25) is 0 Å². The first-order valence-electron chi connectivity index (χ1n) is 7.60. The van der Waals surface area contributed by atoms with Crippen molar-refractivity contribution < 1.29 is 13.9 Å². The molecule has 0 aliphatic heterocycles. The molecule has 1 aromatic carbocycles. The van der Waals surface area contributed by atoms with E-state index in [1.54, 1.807) is 19.2 Å². The first-order valence-corrected chi connectivity index (χ1v) is 7.60. The van der Waals surface area contributed by atoms with E-state index in [0.29, 0.717) is 24.7 Å². The van der Waals surface area contributed by atoms with E-state index in [1.165, 1.54) is 11.1 Å². The number of nitrogens with one attached hydrogen (secondary N) is 1. The fraction of sp³-hybridized carbons (Fsp3) is 0.389. The molecule has 0 saturated heterocycles. The van der Waals surface area contributed by atoms with E-state index in [2.05, 4.69) is 29.3 Å². The Hall–Kier alpha value is -2.11. The second kappa shape index (κ2) is 7.94. The Labute approximate surface area is 137 Å². The summed E-state index contributed by atoms with van der Waals surface area (Å²) >= 11 is 0. The summed E-state index contributed by atoms with van der Waals surface area (Å²) in [5, 5.41) is 2.95. The van der Waals surface area contributed by atoms with Gasteiger partial charge in [-0.1, -0.05) is 24.3 Å². The van der Waals surface area contributed by atoms with E-state index in [-0.39, 0.29) is 11.9 Å². The van der Waals surface area contributed by atoms with Gasteiger partial charge >= 0.3 is 0 Å². The zero-order chi connectivity index (χ0) is 16.8. The average Bonchev–Trinajstić information content (AvgIpc) is 2.98. The quantitative estimate of drug-likeness (QED) is 0.853. The lowest BCUT2D eigenvalue weighted by molar-refractivity contribution is 0.0905. The van der Waals surface area contributed by atoms with Crippen LogP contribution in [-0.2, 0) is 11.3 Å². The Morgan fingerprint density at radius 1 is 1.26 bits per heavy atom. The molecule has 1 unspecified atom stereocenters. The topological polar surface area (TPSA) is 54.7 Å². The molecular weight excluding hydrogens is 292 g/mol. The molecule has 5 heteroatoms. The lowest BCUT2D eigenvalue weighted by Gasteiger charge is -2.26. The standard InChI is InChI=1S/C18H24N2O3/c1-13-7-5-6-8-15(13)16(20(2)3)11-19-18(21)17-10-9-14(23-17)12-22-4/h5-10,16H,11-12H2,1-4H3,(H,19,21). The summed E-state index contributed by atoms with van der Waals surface area (Å²) in [5.74, 6) is 0.729. The van der Waals surface area contributed by atoms with Crippen LogP contribution >= 0.6 is 0 Å². The summed E-state index contributed by atoms with van der Waals surface area (Å²) in [6.45, 7) is 2.95. The van der Waals surface area contributed by atoms with Gasteiger partial charge < -0.3 is 19.4 Å². The third kappa shape index (κ3) is 4.43. The van der Waals surface area contributed by atoms with Crippen LogP contribution in [0.2, 0.25) is 0 Å². The number of benzene rings is 1. The molecule has 1 heterocycles. The molecule has 1 aromatic heterocycles. The average molecular weight is 316 g/mol. The number of methoxy groups -OCH3 is 1. The summed E-state index contributed by atoms with van der Waals surface area (Å²) < 4.78 is 10.4. The molecule has 0 bridgehead atoms. The Balaban J connectivity index is 2.04. The number of aryl methyl sites for hydroxylation is 1. The van der Waals surface area contributed by atoms with E-state index in [0.717, 1.165) is 0 Å². The van der Waals surface area contributed by atoms with Gasteiger partial charge in [-0.05, 0) is 44.3 Å². The van der Waals surface area contributed by atoms with Crippen molar-refractivity contribution in [2.75, 3.05) is 27.7 Å². The molecule has 23 heavy (non-hydrogen) atoms. The highest BCUT2D eigenvalue weighted by Gasteiger charge is 2.18. The summed E-state index contributed by atoms with van der Waals surface area (Å²) in [7, 11) is 5.60. The number of hydrogen-bond acceptors (Lipinski definition) is 4. The summed E-state index contributed by atoms with van der Waals surface area (Å²) in [6, 6.07) is 11.7. The first kappa shape index (κ1) is 17.2. The van der Waals surface area contributed by atoms with Crippen LogP contribution < -0.4 is 5.32 Å². The number of furan rings is 1. The van der Waals surface area contributed by atoms with Crippen LogP contribution in [0.15, 0.2) is 40.8 Å².